The summed E-state index contributed by atoms with van der Waals surface area (Å²) < 4.78 is 5.31. The molecule has 2 aromatic heterocycles. The quantitative estimate of drug-likeness (QED) is 0.208. The number of pyridine rings is 1. The second-order valence-corrected chi connectivity index (χ2v) is 7.30. The molecule has 0 spiro atoms. The number of benzene rings is 2. The van der Waals surface area contributed by atoms with Crippen molar-refractivity contribution in [1.29, 1.82) is 0 Å². The van der Waals surface area contributed by atoms with Crippen molar-refractivity contribution in [3.63, 3.8) is 0 Å². The van der Waals surface area contributed by atoms with E-state index in [9.17, 15) is 9.59 Å². The Morgan fingerprint density at radius 3 is 2.79 bits per heavy atom. The third-order valence-electron chi connectivity index (χ3n) is 4.85. The SMILES string of the molecule is COc1c(Cl)ccc2cc(C(=O)NCNc3cccc(C(=O)Nc4ncc[nH]4)c3N)ncc12. The van der Waals surface area contributed by atoms with Gasteiger partial charge in [0.05, 0.1) is 35.7 Å². The van der Waals surface area contributed by atoms with Crippen molar-refractivity contribution in [1.82, 2.24) is 20.3 Å². The molecule has 2 aromatic carbocycles. The predicted octanol–water partition coefficient (Wildman–Crippen LogP) is 3.25. The molecule has 33 heavy (non-hydrogen) atoms. The number of nitrogens with one attached hydrogen (secondary N) is 4. The fourth-order valence-electron chi connectivity index (χ4n) is 3.23. The molecule has 0 saturated heterocycles. The van der Waals surface area contributed by atoms with Crippen LogP contribution in [-0.2, 0) is 0 Å². The van der Waals surface area contributed by atoms with Gasteiger partial charge in [-0.25, -0.2) is 4.98 Å². The van der Waals surface area contributed by atoms with E-state index in [1.54, 1.807) is 48.8 Å². The average molecular weight is 466 g/mol. The highest BCUT2D eigenvalue weighted by molar-refractivity contribution is 6.33. The molecule has 6 N–H and O–H groups in total. The third-order valence-corrected chi connectivity index (χ3v) is 5.15. The zero-order valence-electron chi connectivity index (χ0n) is 17.5. The molecule has 2 heterocycles. The summed E-state index contributed by atoms with van der Waals surface area (Å²) in [7, 11) is 1.52. The molecule has 4 aromatic rings. The second kappa shape index (κ2) is 9.45. The summed E-state index contributed by atoms with van der Waals surface area (Å²) in [5.74, 6) is 0.0178. The lowest BCUT2D eigenvalue weighted by atomic mass is 10.1. The first kappa shape index (κ1) is 21.9. The lowest BCUT2D eigenvalue weighted by Gasteiger charge is -2.13. The van der Waals surface area contributed by atoms with Gasteiger partial charge in [0.25, 0.3) is 11.8 Å². The number of rotatable bonds is 7. The lowest BCUT2D eigenvalue weighted by Crippen LogP contribution is -2.30. The number of hydrogen-bond donors (Lipinski definition) is 5. The van der Waals surface area contributed by atoms with Crippen molar-refractivity contribution in [3.05, 3.63) is 71.3 Å². The molecule has 2 amide bonds. The molecule has 0 aliphatic rings. The van der Waals surface area contributed by atoms with E-state index in [1.807, 2.05) is 0 Å². The molecule has 0 fully saturated rings. The van der Waals surface area contributed by atoms with Gasteiger partial charge in [-0.3, -0.25) is 19.9 Å². The van der Waals surface area contributed by atoms with E-state index in [1.165, 1.54) is 13.3 Å². The highest BCUT2D eigenvalue weighted by Gasteiger charge is 2.15. The topological polar surface area (TPSA) is 147 Å². The molecule has 0 unspecified atom stereocenters. The Morgan fingerprint density at radius 2 is 2.03 bits per heavy atom. The molecular weight excluding hydrogens is 446 g/mol. The van der Waals surface area contributed by atoms with E-state index in [0.29, 0.717) is 27.8 Å². The smallest absolute Gasteiger partial charge is 0.271 e. The number of ether oxygens (including phenoxy) is 1. The van der Waals surface area contributed by atoms with Crippen LogP contribution in [0.1, 0.15) is 20.8 Å². The van der Waals surface area contributed by atoms with E-state index in [4.69, 9.17) is 22.1 Å². The van der Waals surface area contributed by atoms with E-state index in [0.717, 1.165) is 5.39 Å². The highest BCUT2D eigenvalue weighted by atomic mass is 35.5. The van der Waals surface area contributed by atoms with Gasteiger partial charge >= 0.3 is 0 Å². The number of fused-ring (bicyclic) bond motifs is 1. The van der Waals surface area contributed by atoms with Gasteiger partial charge in [0.2, 0.25) is 5.95 Å². The zero-order chi connectivity index (χ0) is 23.4. The largest absolute Gasteiger partial charge is 0.494 e. The van der Waals surface area contributed by atoms with Gasteiger partial charge in [-0.15, -0.1) is 0 Å². The van der Waals surface area contributed by atoms with Crippen molar-refractivity contribution in [2.45, 2.75) is 0 Å². The fourth-order valence-corrected chi connectivity index (χ4v) is 3.48. The molecule has 10 nitrogen and oxygen atoms in total. The number of nitrogens with two attached hydrogens (primary N) is 1. The van der Waals surface area contributed by atoms with Crippen LogP contribution in [0.5, 0.6) is 5.75 Å². The van der Waals surface area contributed by atoms with Crippen LogP contribution in [0.2, 0.25) is 5.02 Å². The normalized spacial score (nSPS) is 10.6. The zero-order valence-corrected chi connectivity index (χ0v) is 18.2. The van der Waals surface area contributed by atoms with Crippen LogP contribution in [0.3, 0.4) is 0 Å². The van der Waals surface area contributed by atoms with E-state index in [2.05, 4.69) is 30.9 Å². The first-order valence-corrected chi connectivity index (χ1v) is 10.2. The Balaban J connectivity index is 1.41. The van der Waals surface area contributed by atoms with Crippen LogP contribution in [-0.4, -0.2) is 40.5 Å². The molecule has 0 bridgehead atoms. The van der Waals surface area contributed by atoms with Gasteiger partial charge in [0.15, 0.2) is 0 Å². The van der Waals surface area contributed by atoms with E-state index in [-0.39, 0.29) is 29.5 Å². The third kappa shape index (κ3) is 4.65. The Hall–Kier alpha value is -4.31. The molecule has 0 aliphatic carbocycles. The number of nitrogen functional groups attached to an aromatic ring is 1. The number of aromatic nitrogens is 3. The van der Waals surface area contributed by atoms with Crippen LogP contribution in [0.25, 0.3) is 10.8 Å². The molecule has 0 radical (unpaired) electrons. The molecule has 0 saturated carbocycles. The first-order valence-electron chi connectivity index (χ1n) is 9.81. The van der Waals surface area contributed by atoms with Gasteiger partial charge in [-0.05, 0) is 29.7 Å². The van der Waals surface area contributed by atoms with Gasteiger partial charge < -0.3 is 26.1 Å². The number of imidazole rings is 1. The molecular formula is C22H20ClN7O3. The summed E-state index contributed by atoms with van der Waals surface area (Å²) >= 11 is 6.13. The highest BCUT2D eigenvalue weighted by Crippen LogP contribution is 2.32. The van der Waals surface area contributed by atoms with Crippen LogP contribution in [0.4, 0.5) is 17.3 Å². The van der Waals surface area contributed by atoms with Crippen LogP contribution in [0, 0.1) is 0 Å². The number of anilines is 3. The standard InChI is InChI=1S/C22H20ClN7O3/c1-33-19-14-10-27-17(9-12(14)5-6-15(19)23)21(32)29-11-28-16-4-2-3-13(18(16)24)20(31)30-22-25-7-8-26-22/h2-10,28H,11,24H2,1H3,(H,29,32)(H2,25,26,30,31). The number of amides is 2. The molecule has 0 atom stereocenters. The van der Waals surface area contributed by atoms with Crippen molar-refractivity contribution in [2.24, 2.45) is 0 Å². The fraction of sp³-hybridized carbons (Fsp3) is 0.0909. The summed E-state index contributed by atoms with van der Waals surface area (Å²) in [5, 5.41) is 10.3. The Morgan fingerprint density at radius 1 is 1.18 bits per heavy atom. The maximum absolute atomic E-state index is 12.6. The van der Waals surface area contributed by atoms with Crippen LogP contribution in [0.15, 0.2) is 55.0 Å². The summed E-state index contributed by atoms with van der Waals surface area (Å²) in [4.78, 5) is 36.0. The maximum atomic E-state index is 12.6. The number of nitrogens with zero attached hydrogens (tertiary/aromatic N) is 2. The summed E-state index contributed by atoms with van der Waals surface area (Å²) in [6.07, 6.45) is 4.66. The Labute approximate surface area is 193 Å². The number of halogens is 1. The van der Waals surface area contributed by atoms with Gasteiger partial charge in [-0.1, -0.05) is 23.7 Å². The molecule has 11 heteroatoms. The average Bonchev–Trinajstić information content (AvgIpc) is 3.32. The second-order valence-electron chi connectivity index (χ2n) is 6.89. The summed E-state index contributed by atoms with van der Waals surface area (Å²) in [5.41, 5.74) is 7.37. The predicted molar refractivity (Wildman–Crippen MR) is 127 cm³/mol. The first-order chi connectivity index (χ1) is 16.0. The van der Waals surface area contributed by atoms with Gasteiger partial charge in [0.1, 0.15) is 11.4 Å². The van der Waals surface area contributed by atoms with Crippen molar-refractivity contribution in [3.8, 4) is 5.75 Å². The number of methoxy groups -OCH3 is 1. The van der Waals surface area contributed by atoms with Gasteiger partial charge in [0, 0.05) is 24.0 Å². The van der Waals surface area contributed by atoms with E-state index >= 15 is 0 Å². The molecule has 168 valence electrons. The maximum Gasteiger partial charge on any atom is 0.271 e. The van der Waals surface area contributed by atoms with Crippen LogP contribution >= 0.6 is 11.6 Å². The van der Waals surface area contributed by atoms with Crippen molar-refractivity contribution in [2.75, 3.05) is 30.1 Å². The summed E-state index contributed by atoms with van der Waals surface area (Å²) in [6.45, 7) is 0.0654. The minimum absolute atomic E-state index is 0.0654. The molecule has 4 rings (SSSR count). The minimum Gasteiger partial charge on any atom is -0.494 e. The Kier molecular flexibility index (Phi) is 6.27. The number of carbonyl (C=O) groups is 2. The van der Waals surface area contributed by atoms with Crippen molar-refractivity contribution >= 4 is 51.5 Å². The van der Waals surface area contributed by atoms with Crippen molar-refractivity contribution < 1.29 is 14.3 Å². The number of aromatic amines is 1. The minimum atomic E-state index is -0.411. The summed E-state index contributed by atoms with van der Waals surface area (Å²) in [6, 6.07) is 10.1. The number of para-hydroxylation sites is 1. The number of carbonyl (C=O) groups excluding carboxylic acids is 2. The van der Waals surface area contributed by atoms with Gasteiger partial charge in [-0.2, -0.15) is 0 Å². The number of H-pyrrole nitrogens is 1. The Bertz CT molecular complexity index is 1330. The molecule has 0 aliphatic heterocycles. The number of hydrogen-bond acceptors (Lipinski definition) is 7. The van der Waals surface area contributed by atoms with Crippen LogP contribution < -0.4 is 26.4 Å². The monoisotopic (exact) mass is 465 g/mol. The lowest BCUT2D eigenvalue weighted by molar-refractivity contribution is 0.0950. The van der Waals surface area contributed by atoms with E-state index < -0.39 is 5.91 Å².